The highest BCUT2D eigenvalue weighted by Gasteiger charge is 2.35. The fourth-order valence-corrected chi connectivity index (χ4v) is 3.35. The number of aliphatic hydroxyl groups is 1. The summed E-state index contributed by atoms with van der Waals surface area (Å²) in [5.41, 5.74) is -0.266. The number of aliphatic hydroxyl groups excluding tert-OH is 1. The zero-order valence-electron chi connectivity index (χ0n) is 14.5. The summed E-state index contributed by atoms with van der Waals surface area (Å²) in [5, 5.41) is 10.3. The van der Waals surface area contributed by atoms with Gasteiger partial charge in [-0.1, -0.05) is 71.1 Å². The highest BCUT2D eigenvalue weighted by Crippen LogP contribution is 2.30. The molecular formula is C19H38O2. The molecule has 2 unspecified atom stereocenters. The minimum Gasteiger partial charge on any atom is -0.390 e. The Morgan fingerprint density at radius 2 is 1.48 bits per heavy atom. The Balaban J connectivity index is 1.91. The summed E-state index contributed by atoms with van der Waals surface area (Å²) >= 11 is 0. The first kappa shape index (κ1) is 19.0. The zero-order chi connectivity index (χ0) is 15.4. The van der Waals surface area contributed by atoms with Crippen LogP contribution in [0.25, 0.3) is 0 Å². The molecule has 1 aliphatic heterocycles. The highest BCUT2D eigenvalue weighted by molar-refractivity contribution is 4.86. The second kappa shape index (κ2) is 11.5. The predicted molar refractivity (Wildman–Crippen MR) is 90.7 cm³/mol. The number of unbranched alkanes of at least 4 members (excludes halogenated alkanes) is 9. The van der Waals surface area contributed by atoms with Crippen LogP contribution in [0.4, 0.5) is 0 Å². The van der Waals surface area contributed by atoms with E-state index >= 15 is 0 Å². The van der Waals surface area contributed by atoms with Gasteiger partial charge in [0.15, 0.2) is 0 Å². The van der Waals surface area contributed by atoms with Crippen molar-refractivity contribution in [2.24, 2.45) is 0 Å². The van der Waals surface area contributed by atoms with E-state index < -0.39 is 0 Å². The van der Waals surface area contributed by atoms with Gasteiger partial charge >= 0.3 is 0 Å². The minimum atomic E-state index is -0.271. The molecule has 1 heterocycles. The van der Waals surface area contributed by atoms with Crippen LogP contribution in [0.5, 0.6) is 0 Å². The van der Waals surface area contributed by atoms with Gasteiger partial charge in [0.25, 0.3) is 0 Å². The summed E-state index contributed by atoms with van der Waals surface area (Å²) in [7, 11) is 0. The smallest absolute Gasteiger partial charge is 0.0912 e. The van der Waals surface area contributed by atoms with Crippen LogP contribution >= 0.6 is 0 Å². The van der Waals surface area contributed by atoms with Crippen molar-refractivity contribution in [3.63, 3.8) is 0 Å². The molecular weight excluding hydrogens is 260 g/mol. The first-order valence-corrected chi connectivity index (χ1v) is 9.51. The molecule has 1 saturated heterocycles. The molecule has 0 bridgehead atoms. The molecule has 1 N–H and O–H groups in total. The molecule has 0 aliphatic carbocycles. The maximum atomic E-state index is 10.3. The summed E-state index contributed by atoms with van der Waals surface area (Å²) in [6.07, 6.45) is 17.5. The number of hydrogen-bond acceptors (Lipinski definition) is 2. The van der Waals surface area contributed by atoms with Crippen molar-refractivity contribution in [1.29, 1.82) is 0 Å². The minimum absolute atomic E-state index is 0.266. The van der Waals surface area contributed by atoms with Gasteiger partial charge < -0.3 is 9.84 Å². The molecule has 0 amide bonds. The SMILES string of the molecule is CCCCCCCCCCCCC(O)C1(C)CCCCO1. The van der Waals surface area contributed by atoms with E-state index in [1.165, 1.54) is 64.2 Å². The van der Waals surface area contributed by atoms with E-state index in [0.29, 0.717) is 0 Å². The number of hydrogen-bond donors (Lipinski definition) is 1. The zero-order valence-corrected chi connectivity index (χ0v) is 14.5. The largest absolute Gasteiger partial charge is 0.390 e. The molecule has 2 nitrogen and oxygen atoms in total. The molecule has 0 aromatic carbocycles. The van der Waals surface area contributed by atoms with Gasteiger partial charge in [-0.05, 0) is 32.6 Å². The van der Waals surface area contributed by atoms with Crippen LogP contribution in [0.3, 0.4) is 0 Å². The first-order valence-electron chi connectivity index (χ1n) is 9.51. The van der Waals surface area contributed by atoms with Gasteiger partial charge in [0.1, 0.15) is 0 Å². The van der Waals surface area contributed by atoms with Crippen molar-refractivity contribution >= 4 is 0 Å². The van der Waals surface area contributed by atoms with E-state index in [9.17, 15) is 5.11 Å². The van der Waals surface area contributed by atoms with Crippen molar-refractivity contribution in [3.05, 3.63) is 0 Å². The van der Waals surface area contributed by atoms with Gasteiger partial charge in [-0.3, -0.25) is 0 Å². The maximum Gasteiger partial charge on any atom is 0.0912 e. The van der Waals surface area contributed by atoms with E-state index in [-0.39, 0.29) is 11.7 Å². The van der Waals surface area contributed by atoms with Crippen molar-refractivity contribution in [2.75, 3.05) is 6.61 Å². The van der Waals surface area contributed by atoms with Gasteiger partial charge in [0.2, 0.25) is 0 Å². The third-order valence-corrected chi connectivity index (χ3v) is 5.04. The summed E-state index contributed by atoms with van der Waals surface area (Å²) in [6.45, 7) is 5.19. The molecule has 2 atom stereocenters. The monoisotopic (exact) mass is 298 g/mol. The Morgan fingerprint density at radius 3 is 2.00 bits per heavy atom. The molecule has 0 radical (unpaired) electrons. The third-order valence-electron chi connectivity index (χ3n) is 5.04. The van der Waals surface area contributed by atoms with E-state index in [4.69, 9.17) is 4.74 Å². The van der Waals surface area contributed by atoms with Crippen LogP contribution < -0.4 is 0 Å². The number of ether oxygens (including phenoxy) is 1. The summed E-state index contributed by atoms with van der Waals surface area (Å²) in [4.78, 5) is 0. The van der Waals surface area contributed by atoms with Crippen LogP contribution in [-0.4, -0.2) is 23.4 Å². The van der Waals surface area contributed by atoms with Crippen molar-refractivity contribution in [3.8, 4) is 0 Å². The Morgan fingerprint density at radius 1 is 0.905 bits per heavy atom. The lowest BCUT2D eigenvalue weighted by atomic mass is 9.87. The number of rotatable bonds is 12. The van der Waals surface area contributed by atoms with Gasteiger partial charge in [-0.25, -0.2) is 0 Å². The van der Waals surface area contributed by atoms with Crippen LogP contribution in [0.15, 0.2) is 0 Å². The van der Waals surface area contributed by atoms with Gasteiger partial charge in [-0.15, -0.1) is 0 Å². The normalized spacial score (nSPS) is 24.1. The molecule has 1 fully saturated rings. The topological polar surface area (TPSA) is 29.5 Å². The Kier molecular flexibility index (Phi) is 10.4. The van der Waals surface area contributed by atoms with Crippen molar-refractivity contribution in [1.82, 2.24) is 0 Å². The van der Waals surface area contributed by atoms with Crippen molar-refractivity contribution < 1.29 is 9.84 Å². The predicted octanol–water partition coefficient (Wildman–Crippen LogP) is 5.62. The Hall–Kier alpha value is -0.0800. The quantitative estimate of drug-likeness (QED) is 0.474. The fourth-order valence-electron chi connectivity index (χ4n) is 3.35. The summed E-state index contributed by atoms with van der Waals surface area (Å²) in [5.74, 6) is 0. The Labute approximate surface area is 132 Å². The average molecular weight is 299 g/mol. The van der Waals surface area contributed by atoms with Gasteiger partial charge in [-0.2, -0.15) is 0 Å². The molecule has 126 valence electrons. The molecule has 0 spiro atoms. The molecule has 21 heavy (non-hydrogen) atoms. The first-order chi connectivity index (χ1) is 10.2. The maximum absolute atomic E-state index is 10.3. The van der Waals surface area contributed by atoms with Crippen molar-refractivity contribution in [2.45, 2.75) is 115 Å². The highest BCUT2D eigenvalue weighted by atomic mass is 16.5. The second-order valence-corrected chi connectivity index (χ2v) is 7.10. The van der Waals surface area contributed by atoms with Gasteiger partial charge in [0.05, 0.1) is 11.7 Å². The lowest BCUT2D eigenvalue weighted by molar-refractivity contribution is -0.138. The van der Waals surface area contributed by atoms with E-state index in [2.05, 4.69) is 13.8 Å². The molecule has 0 saturated carbocycles. The summed E-state index contributed by atoms with van der Waals surface area (Å²) < 4.78 is 5.82. The van der Waals surface area contributed by atoms with E-state index in [1.807, 2.05) is 0 Å². The van der Waals surface area contributed by atoms with Crippen LogP contribution in [0, 0.1) is 0 Å². The molecule has 0 aromatic rings. The van der Waals surface area contributed by atoms with E-state index in [0.717, 1.165) is 32.3 Å². The third kappa shape index (κ3) is 8.21. The molecule has 2 heteroatoms. The van der Waals surface area contributed by atoms with Crippen LogP contribution in [0.1, 0.15) is 104 Å². The molecule has 0 aromatic heterocycles. The molecule has 1 aliphatic rings. The van der Waals surface area contributed by atoms with Crippen LogP contribution in [-0.2, 0) is 4.74 Å². The second-order valence-electron chi connectivity index (χ2n) is 7.10. The lowest BCUT2D eigenvalue weighted by Crippen LogP contribution is -2.44. The Bertz CT molecular complexity index is 234. The lowest BCUT2D eigenvalue weighted by Gasteiger charge is -2.38. The van der Waals surface area contributed by atoms with Gasteiger partial charge in [0, 0.05) is 6.61 Å². The van der Waals surface area contributed by atoms with E-state index in [1.54, 1.807) is 0 Å². The summed E-state index contributed by atoms with van der Waals surface area (Å²) in [6, 6.07) is 0. The molecule has 1 rings (SSSR count). The van der Waals surface area contributed by atoms with Crippen LogP contribution in [0.2, 0.25) is 0 Å². The fraction of sp³-hybridized carbons (Fsp3) is 1.00. The average Bonchev–Trinajstić information content (AvgIpc) is 2.49. The standard InChI is InChI=1S/C19H38O2/c1-3-4-5-6-7-8-9-10-11-12-15-18(20)19(2)16-13-14-17-21-19/h18,20H,3-17H2,1-2H3.